The SMILES string of the molecule is CCCCC(CC)CC(CCCCC(C)C)OC(=O)C1CCCCC1C(=O)O. The Morgan fingerprint density at radius 1 is 0.964 bits per heavy atom. The first-order chi connectivity index (χ1) is 13.4. The van der Waals surface area contributed by atoms with Crippen molar-refractivity contribution in [2.24, 2.45) is 23.7 Å². The standard InChI is InChI=1S/C24H44O4/c1-5-7-13-19(6-2)17-20(14-9-8-12-18(3)4)28-24(27)22-16-11-10-15-21(22)23(25)26/h18-22H,5-17H2,1-4H3,(H,25,26). The molecule has 1 N–H and O–H groups in total. The van der Waals surface area contributed by atoms with Gasteiger partial charge in [-0.15, -0.1) is 0 Å². The maximum atomic E-state index is 12.9. The molecule has 0 aromatic heterocycles. The van der Waals surface area contributed by atoms with E-state index in [1.165, 1.54) is 32.1 Å². The molecule has 164 valence electrons. The van der Waals surface area contributed by atoms with Gasteiger partial charge in [0.15, 0.2) is 0 Å². The van der Waals surface area contributed by atoms with E-state index in [0.29, 0.717) is 24.7 Å². The minimum absolute atomic E-state index is 0.0576. The number of hydrogen-bond donors (Lipinski definition) is 1. The lowest BCUT2D eigenvalue weighted by Gasteiger charge is -2.30. The maximum absolute atomic E-state index is 12.9. The Labute approximate surface area is 172 Å². The van der Waals surface area contributed by atoms with E-state index in [0.717, 1.165) is 38.5 Å². The summed E-state index contributed by atoms with van der Waals surface area (Å²) in [5.41, 5.74) is 0. The van der Waals surface area contributed by atoms with Crippen LogP contribution in [0.15, 0.2) is 0 Å². The van der Waals surface area contributed by atoms with Crippen molar-refractivity contribution in [3.8, 4) is 0 Å². The van der Waals surface area contributed by atoms with E-state index in [1.54, 1.807) is 0 Å². The highest BCUT2D eigenvalue weighted by Gasteiger charge is 2.37. The smallest absolute Gasteiger partial charge is 0.310 e. The Kier molecular flexibility index (Phi) is 12.5. The van der Waals surface area contributed by atoms with Crippen LogP contribution in [0, 0.1) is 23.7 Å². The van der Waals surface area contributed by atoms with E-state index < -0.39 is 17.8 Å². The van der Waals surface area contributed by atoms with Gasteiger partial charge >= 0.3 is 11.9 Å². The van der Waals surface area contributed by atoms with Gasteiger partial charge in [-0.25, -0.2) is 0 Å². The molecular formula is C24H44O4. The van der Waals surface area contributed by atoms with Gasteiger partial charge in [-0.05, 0) is 43.9 Å². The average Bonchev–Trinajstić information content (AvgIpc) is 2.67. The van der Waals surface area contributed by atoms with Crippen LogP contribution in [0.25, 0.3) is 0 Å². The Bertz CT molecular complexity index is 446. The van der Waals surface area contributed by atoms with Gasteiger partial charge in [-0.3, -0.25) is 9.59 Å². The van der Waals surface area contributed by atoms with Crippen LogP contribution in [0.2, 0.25) is 0 Å². The van der Waals surface area contributed by atoms with Gasteiger partial charge in [0, 0.05) is 0 Å². The van der Waals surface area contributed by atoms with E-state index in [4.69, 9.17) is 4.74 Å². The third kappa shape index (κ3) is 9.43. The minimum Gasteiger partial charge on any atom is -0.481 e. The van der Waals surface area contributed by atoms with E-state index in [-0.39, 0.29) is 12.1 Å². The van der Waals surface area contributed by atoms with Crippen LogP contribution < -0.4 is 0 Å². The molecule has 28 heavy (non-hydrogen) atoms. The molecule has 0 saturated heterocycles. The first-order valence-corrected chi connectivity index (χ1v) is 11.8. The fourth-order valence-corrected chi connectivity index (χ4v) is 4.46. The summed E-state index contributed by atoms with van der Waals surface area (Å²) in [6.45, 7) is 8.92. The lowest BCUT2D eigenvalue weighted by atomic mass is 9.79. The number of rotatable bonds is 14. The molecule has 0 aliphatic heterocycles. The molecule has 1 aliphatic rings. The molecule has 1 fully saturated rings. The van der Waals surface area contributed by atoms with E-state index >= 15 is 0 Å². The topological polar surface area (TPSA) is 63.6 Å². The second kappa shape index (κ2) is 14.0. The molecule has 4 unspecified atom stereocenters. The molecule has 1 saturated carbocycles. The Hall–Kier alpha value is -1.06. The molecular weight excluding hydrogens is 352 g/mol. The largest absolute Gasteiger partial charge is 0.481 e. The van der Waals surface area contributed by atoms with Gasteiger partial charge in [0.1, 0.15) is 6.10 Å². The molecule has 0 spiro atoms. The third-order valence-corrected chi connectivity index (χ3v) is 6.37. The Balaban J connectivity index is 2.69. The zero-order valence-corrected chi connectivity index (χ0v) is 18.8. The highest BCUT2D eigenvalue weighted by molar-refractivity contribution is 5.81. The van der Waals surface area contributed by atoms with Crippen molar-refractivity contribution in [2.75, 3.05) is 0 Å². The van der Waals surface area contributed by atoms with Crippen molar-refractivity contribution >= 4 is 11.9 Å². The molecule has 1 rings (SSSR count). The number of carbonyl (C=O) groups is 2. The van der Waals surface area contributed by atoms with Crippen molar-refractivity contribution in [3.63, 3.8) is 0 Å². The zero-order valence-electron chi connectivity index (χ0n) is 18.8. The molecule has 0 radical (unpaired) electrons. The molecule has 0 aromatic rings. The number of carboxylic acids is 1. The van der Waals surface area contributed by atoms with Crippen LogP contribution in [-0.2, 0) is 14.3 Å². The lowest BCUT2D eigenvalue weighted by molar-refractivity contribution is -0.164. The molecule has 0 amide bonds. The van der Waals surface area contributed by atoms with Crippen LogP contribution in [-0.4, -0.2) is 23.1 Å². The summed E-state index contributed by atoms with van der Waals surface area (Å²) in [6.07, 6.45) is 13.0. The van der Waals surface area contributed by atoms with Crippen molar-refractivity contribution in [1.29, 1.82) is 0 Å². The van der Waals surface area contributed by atoms with Crippen molar-refractivity contribution in [1.82, 2.24) is 0 Å². The first kappa shape index (κ1) is 25.0. The molecule has 0 heterocycles. The van der Waals surface area contributed by atoms with Gasteiger partial charge in [-0.1, -0.05) is 79.1 Å². The summed E-state index contributed by atoms with van der Waals surface area (Å²) in [4.78, 5) is 24.4. The second-order valence-corrected chi connectivity index (χ2v) is 9.23. The van der Waals surface area contributed by atoms with Crippen LogP contribution in [0.4, 0.5) is 0 Å². The Morgan fingerprint density at radius 3 is 2.18 bits per heavy atom. The molecule has 0 aromatic carbocycles. The number of hydrogen-bond acceptors (Lipinski definition) is 3. The highest BCUT2D eigenvalue weighted by atomic mass is 16.5. The van der Waals surface area contributed by atoms with Gasteiger partial charge in [0.05, 0.1) is 11.8 Å². The normalized spacial score (nSPS) is 22.0. The average molecular weight is 397 g/mol. The molecule has 0 bridgehead atoms. The van der Waals surface area contributed by atoms with Gasteiger partial charge in [0.25, 0.3) is 0 Å². The van der Waals surface area contributed by atoms with Crippen molar-refractivity contribution < 1.29 is 19.4 Å². The van der Waals surface area contributed by atoms with Crippen molar-refractivity contribution in [3.05, 3.63) is 0 Å². The molecule has 1 aliphatic carbocycles. The molecule has 4 nitrogen and oxygen atoms in total. The number of carboxylic acid groups (broad SMARTS) is 1. The quantitative estimate of drug-likeness (QED) is 0.265. The van der Waals surface area contributed by atoms with Gasteiger partial charge in [0.2, 0.25) is 0 Å². The predicted molar refractivity (Wildman–Crippen MR) is 114 cm³/mol. The summed E-state index contributed by atoms with van der Waals surface area (Å²) in [7, 11) is 0. The highest BCUT2D eigenvalue weighted by Crippen LogP contribution is 2.32. The summed E-state index contributed by atoms with van der Waals surface area (Å²) in [6, 6.07) is 0. The number of unbranched alkanes of at least 4 members (excludes halogenated alkanes) is 2. The number of ether oxygens (including phenoxy) is 1. The lowest BCUT2D eigenvalue weighted by Crippen LogP contribution is -2.36. The van der Waals surface area contributed by atoms with E-state index in [1.807, 2.05) is 0 Å². The number of carbonyl (C=O) groups excluding carboxylic acids is 1. The fourth-order valence-electron chi connectivity index (χ4n) is 4.46. The monoisotopic (exact) mass is 396 g/mol. The maximum Gasteiger partial charge on any atom is 0.310 e. The summed E-state index contributed by atoms with van der Waals surface area (Å²) < 4.78 is 5.99. The van der Waals surface area contributed by atoms with Crippen LogP contribution >= 0.6 is 0 Å². The van der Waals surface area contributed by atoms with Gasteiger partial charge in [-0.2, -0.15) is 0 Å². The number of aliphatic carboxylic acids is 1. The predicted octanol–water partition coefficient (Wildman–Crippen LogP) is 6.61. The van der Waals surface area contributed by atoms with Crippen LogP contribution in [0.3, 0.4) is 0 Å². The van der Waals surface area contributed by atoms with Gasteiger partial charge < -0.3 is 9.84 Å². The fraction of sp³-hybridized carbons (Fsp3) is 0.917. The zero-order chi connectivity index (χ0) is 20.9. The minimum atomic E-state index is -0.843. The summed E-state index contributed by atoms with van der Waals surface area (Å²) in [5, 5.41) is 9.49. The first-order valence-electron chi connectivity index (χ1n) is 11.8. The number of esters is 1. The van der Waals surface area contributed by atoms with Crippen LogP contribution in [0.1, 0.15) is 111 Å². The van der Waals surface area contributed by atoms with Crippen LogP contribution in [0.5, 0.6) is 0 Å². The molecule has 4 atom stereocenters. The van der Waals surface area contributed by atoms with E-state index in [2.05, 4.69) is 27.7 Å². The summed E-state index contributed by atoms with van der Waals surface area (Å²) >= 11 is 0. The van der Waals surface area contributed by atoms with E-state index in [9.17, 15) is 14.7 Å². The second-order valence-electron chi connectivity index (χ2n) is 9.23. The molecule has 4 heteroatoms. The third-order valence-electron chi connectivity index (χ3n) is 6.37. The Morgan fingerprint density at radius 2 is 1.61 bits per heavy atom. The van der Waals surface area contributed by atoms with Crippen molar-refractivity contribution in [2.45, 2.75) is 117 Å². The summed E-state index contributed by atoms with van der Waals surface area (Å²) in [5.74, 6) is -0.835.